The van der Waals surface area contributed by atoms with Gasteiger partial charge >= 0.3 is 6.03 Å². The Hall–Kier alpha value is -2.57. The molecule has 25 heavy (non-hydrogen) atoms. The third-order valence-electron chi connectivity index (χ3n) is 4.78. The number of amides is 3. The molecule has 7 heteroatoms. The van der Waals surface area contributed by atoms with Crippen molar-refractivity contribution in [2.45, 2.75) is 25.8 Å². The molecule has 7 nitrogen and oxygen atoms in total. The van der Waals surface area contributed by atoms with E-state index in [1.807, 2.05) is 40.6 Å². The van der Waals surface area contributed by atoms with Crippen LogP contribution in [0.2, 0.25) is 0 Å². The van der Waals surface area contributed by atoms with Crippen LogP contribution in [-0.2, 0) is 0 Å². The second-order valence-corrected chi connectivity index (χ2v) is 6.62. The van der Waals surface area contributed by atoms with Crippen LogP contribution in [0.4, 0.5) is 4.79 Å². The van der Waals surface area contributed by atoms with E-state index >= 15 is 0 Å². The van der Waals surface area contributed by atoms with Gasteiger partial charge < -0.3 is 19.1 Å². The number of imidazole rings is 1. The van der Waals surface area contributed by atoms with Crippen molar-refractivity contribution in [1.29, 1.82) is 0 Å². The van der Waals surface area contributed by atoms with Gasteiger partial charge in [0.05, 0.1) is 11.6 Å². The molecule has 0 spiro atoms. The quantitative estimate of drug-likeness (QED) is 0.859. The number of rotatable bonds is 3. The minimum Gasteiger partial charge on any atom is -0.341 e. The molecule has 0 N–H and O–H groups in total. The molecule has 0 bridgehead atoms. The second-order valence-electron chi connectivity index (χ2n) is 6.62. The summed E-state index contributed by atoms with van der Waals surface area (Å²) in [7, 11) is 5.28. The lowest BCUT2D eigenvalue weighted by Crippen LogP contribution is -2.39. The molecular formula is C18H25N5O2. The molecule has 1 fully saturated rings. The van der Waals surface area contributed by atoms with Crippen LogP contribution in [-0.4, -0.2) is 70.3 Å². The number of hydrogen-bond donors (Lipinski definition) is 0. The maximum atomic E-state index is 12.7. The van der Waals surface area contributed by atoms with E-state index in [4.69, 9.17) is 4.98 Å². The predicted octanol–water partition coefficient (Wildman–Crippen LogP) is 2.24. The molecule has 3 heterocycles. The summed E-state index contributed by atoms with van der Waals surface area (Å²) in [4.78, 5) is 35.0. The number of fused-ring (bicyclic) bond motifs is 1. The van der Waals surface area contributed by atoms with E-state index < -0.39 is 0 Å². The SMILES string of the molecule is CCN(C)C(=O)c1nc(C2CCCN2C(=O)N(C)C)n2ccccc12. The first kappa shape index (κ1) is 17.3. The second kappa shape index (κ2) is 6.74. The van der Waals surface area contributed by atoms with Crippen LogP contribution >= 0.6 is 0 Å². The maximum Gasteiger partial charge on any atom is 0.320 e. The lowest BCUT2D eigenvalue weighted by molar-refractivity contribution is 0.0799. The minimum absolute atomic E-state index is 0.0197. The highest BCUT2D eigenvalue weighted by Gasteiger charge is 2.35. The molecule has 0 radical (unpaired) electrons. The average Bonchev–Trinajstić information content (AvgIpc) is 3.23. The number of nitrogens with zero attached hydrogens (tertiary/aromatic N) is 5. The van der Waals surface area contributed by atoms with E-state index in [0.29, 0.717) is 18.8 Å². The van der Waals surface area contributed by atoms with Crippen molar-refractivity contribution in [1.82, 2.24) is 24.1 Å². The van der Waals surface area contributed by atoms with E-state index in [-0.39, 0.29) is 18.0 Å². The Balaban J connectivity index is 2.08. The first-order valence-corrected chi connectivity index (χ1v) is 8.66. The standard InChI is InChI=1S/C18H25N5O2/c1-5-21(4)17(24)15-13-9-6-7-11-22(13)16(19-15)14-10-8-12-23(14)18(25)20(2)3/h6-7,9,11,14H,5,8,10,12H2,1-4H3. The van der Waals surface area contributed by atoms with Crippen molar-refractivity contribution in [2.75, 3.05) is 34.2 Å². The number of urea groups is 1. The Labute approximate surface area is 147 Å². The molecule has 1 aliphatic rings. The maximum absolute atomic E-state index is 12.7. The normalized spacial score (nSPS) is 17.1. The molecule has 0 aromatic carbocycles. The van der Waals surface area contributed by atoms with Crippen molar-refractivity contribution < 1.29 is 9.59 Å². The fourth-order valence-corrected chi connectivity index (χ4v) is 3.30. The van der Waals surface area contributed by atoms with Gasteiger partial charge in [-0.1, -0.05) is 6.07 Å². The number of carbonyl (C=O) groups excluding carboxylic acids is 2. The molecule has 3 rings (SSSR count). The van der Waals surface area contributed by atoms with Gasteiger partial charge in [-0.05, 0) is 31.9 Å². The number of aromatic nitrogens is 2. The van der Waals surface area contributed by atoms with Crippen LogP contribution in [0.3, 0.4) is 0 Å². The van der Waals surface area contributed by atoms with Crippen molar-refractivity contribution in [3.05, 3.63) is 35.9 Å². The topological polar surface area (TPSA) is 61.2 Å². The Morgan fingerprint density at radius 1 is 1.28 bits per heavy atom. The Morgan fingerprint density at radius 2 is 2.04 bits per heavy atom. The summed E-state index contributed by atoms with van der Waals surface area (Å²) in [5.74, 6) is 0.664. The fraction of sp³-hybridized carbons (Fsp3) is 0.500. The molecule has 0 aliphatic carbocycles. The molecule has 3 amide bonds. The lowest BCUT2D eigenvalue weighted by Gasteiger charge is -2.27. The highest BCUT2D eigenvalue weighted by molar-refractivity contribution is 5.99. The molecule has 1 aliphatic heterocycles. The van der Waals surface area contributed by atoms with E-state index in [9.17, 15) is 9.59 Å². The van der Waals surface area contributed by atoms with Crippen LogP contribution < -0.4 is 0 Å². The van der Waals surface area contributed by atoms with Gasteiger partial charge in [0.2, 0.25) is 0 Å². The van der Waals surface area contributed by atoms with E-state index in [0.717, 1.165) is 24.2 Å². The average molecular weight is 343 g/mol. The van der Waals surface area contributed by atoms with Gasteiger partial charge in [0.1, 0.15) is 5.82 Å². The molecular weight excluding hydrogens is 318 g/mol. The fourth-order valence-electron chi connectivity index (χ4n) is 3.30. The highest BCUT2D eigenvalue weighted by Crippen LogP contribution is 2.33. The van der Waals surface area contributed by atoms with Crippen LogP contribution in [0.5, 0.6) is 0 Å². The Morgan fingerprint density at radius 3 is 2.72 bits per heavy atom. The first-order valence-electron chi connectivity index (χ1n) is 8.66. The van der Waals surface area contributed by atoms with Gasteiger partial charge in [-0.3, -0.25) is 4.79 Å². The van der Waals surface area contributed by atoms with E-state index in [1.54, 1.807) is 30.9 Å². The summed E-state index contributed by atoms with van der Waals surface area (Å²) in [6.07, 6.45) is 3.70. The molecule has 1 atom stereocenters. The smallest absolute Gasteiger partial charge is 0.320 e. The van der Waals surface area contributed by atoms with Gasteiger partial charge in [0.25, 0.3) is 5.91 Å². The molecule has 2 aromatic heterocycles. The van der Waals surface area contributed by atoms with Crippen LogP contribution in [0.15, 0.2) is 24.4 Å². The van der Waals surface area contributed by atoms with Crippen LogP contribution in [0, 0.1) is 0 Å². The number of pyridine rings is 1. The van der Waals surface area contributed by atoms with Crippen molar-refractivity contribution in [2.24, 2.45) is 0 Å². The number of hydrogen-bond acceptors (Lipinski definition) is 3. The number of carbonyl (C=O) groups is 2. The van der Waals surface area contributed by atoms with Gasteiger partial charge in [0.15, 0.2) is 5.69 Å². The van der Waals surface area contributed by atoms with Crippen molar-refractivity contribution >= 4 is 17.5 Å². The molecule has 0 saturated carbocycles. The van der Waals surface area contributed by atoms with Gasteiger partial charge in [-0.2, -0.15) is 0 Å². The van der Waals surface area contributed by atoms with Crippen LogP contribution in [0.1, 0.15) is 42.1 Å². The Kier molecular flexibility index (Phi) is 4.65. The summed E-state index contributed by atoms with van der Waals surface area (Å²) in [6.45, 7) is 3.27. The molecule has 134 valence electrons. The molecule has 1 saturated heterocycles. The predicted molar refractivity (Wildman–Crippen MR) is 95.6 cm³/mol. The third kappa shape index (κ3) is 2.94. The largest absolute Gasteiger partial charge is 0.341 e. The third-order valence-corrected chi connectivity index (χ3v) is 4.78. The summed E-state index contributed by atoms with van der Waals surface area (Å²) in [6, 6.07) is 5.59. The first-order chi connectivity index (χ1) is 12.0. The lowest BCUT2D eigenvalue weighted by atomic mass is 10.2. The Bertz CT molecular complexity index is 798. The molecule has 1 unspecified atom stereocenters. The van der Waals surface area contributed by atoms with Crippen molar-refractivity contribution in [3.63, 3.8) is 0 Å². The van der Waals surface area contributed by atoms with Crippen molar-refractivity contribution in [3.8, 4) is 0 Å². The summed E-state index contributed by atoms with van der Waals surface area (Å²) >= 11 is 0. The molecule has 2 aromatic rings. The number of likely N-dealkylation sites (tertiary alicyclic amines) is 1. The monoisotopic (exact) mass is 343 g/mol. The van der Waals surface area contributed by atoms with E-state index in [2.05, 4.69) is 0 Å². The zero-order chi connectivity index (χ0) is 18.1. The van der Waals surface area contributed by atoms with Crippen LogP contribution in [0.25, 0.3) is 5.52 Å². The van der Waals surface area contributed by atoms with E-state index in [1.165, 1.54) is 0 Å². The summed E-state index contributed by atoms with van der Waals surface area (Å²) in [5, 5.41) is 0. The summed E-state index contributed by atoms with van der Waals surface area (Å²) < 4.78 is 1.95. The minimum atomic E-state index is -0.113. The van der Waals surface area contributed by atoms with Gasteiger partial charge in [-0.15, -0.1) is 0 Å². The summed E-state index contributed by atoms with van der Waals surface area (Å²) in [5.41, 5.74) is 1.23. The van der Waals surface area contributed by atoms with Gasteiger partial charge in [0, 0.05) is 40.4 Å². The zero-order valence-electron chi connectivity index (χ0n) is 15.3. The highest BCUT2D eigenvalue weighted by atomic mass is 16.2. The van der Waals surface area contributed by atoms with Gasteiger partial charge in [-0.25, -0.2) is 9.78 Å². The zero-order valence-corrected chi connectivity index (χ0v) is 15.3.